The van der Waals surface area contributed by atoms with Crippen molar-refractivity contribution in [3.8, 4) is 0 Å². The van der Waals surface area contributed by atoms with Crippen LogP contribution < -0.4 is 5.32 Å². The Morgan fingerprint density at radius 2 is 1.63 bits per heavy atom. The zero-order valence-corrected chi connectivity index (χ0v) is 13.7. The molecule has 112 valence electrons. The maximum absolute atomic E-state index is 4.21. The normalized spacial score (nSPS) is 12.5. The Bertz CT molecular complexity index is 248. The molecular formula is C18H35N. The van der Waals surface area contributed by atoms with Crippen molar-refractivity contribution in [3.63, 3.8) is 0 Å². The smallest absolute Gasteiger partial charge is 0.0257 e. The molecule has 0 heterocycles. The van der Waals surface area contributed by atoms with Crippen molar-refractivity contribution >= 4 is 0 Å². The lowest BCUT2D eigenvalue weighted by molar-refractivity contribution is 0.441. The van der Waals surface area contributed by atoms with Gasteiger partial charge in [-0.05, 0) is 44.9 Å². The third-order valence-electron chi connectivity index (χ3n) is 3.58. The van der Waals surface area contributed by atoms with E-state index in [9.17, 15) is 0 Å². The Hall–Kier alpha value is -0.720. The Morgan fingerprint density at radius 3 is 2.11 bits per heavy atom. The zero-order valence-electron chi connectivity index (χ0n) is 13.7. The van der Waals surface area contributed by atoms with Crippen LogP contribution in [0.2, 0.25) is 0 Å². The highest BCUT2D eigenvalue weighted by molar-refractivity contribution is 4.95. The Morgan fingerprint density at radius 1 is 1.05 bits per heavy atom. The molecule has 0 spiro atoms. The summed E-state index contributed by atoms with van der Waals surface area (Å²) in [4.78, 5) is 0. The van der Waals surface area contributed by atoms with E-state index in [1.54, 1.807) is 0 Å². The van der Waals surface area contributed by atoms with Crippen LogP contribution in [0, 0.1) is 5.92 Å². The average molecular weight is 265 g/mol. The summed E-state index contributed by atoms with van der Waals surface area (Å²) in [6.45, 7) is 17.1. The van der Waals surface area contributed by atoms with Crippen molar-refractivity contribution in [3.05, 3.63) is 24.4 Å². The first-order valence-electron chi connectivity index (χ1n) is 8.08. The molecule has 0 aliphatic rings. The Balaban J connectivity index is 3.89. The summed E-state index contributed by atoms with van der Waals surface area (Å²) < 4.78 is 0. The molecule has 0 aliphatic heterocycles. The monoisotopic (exact) mass is 265 g/mol. The molecule has 0 saturated carbocycles. The molecule has 1 nitrogen and oxygen atoms in total. The van der Waals surface area contributed by atoms with Crippen LogP contribution in [0.1, 0.15) is 79.1 Å². The summed E-state index contributed by atoms with van der Waals surface area (Å²) in [5.74, 6) is 0.725. The van der Waals surface area contributed by atoms with Crippen LogP contribution in [0.15, 0.2) is 24.4 Å². The number of hydrogen-bond donors (Lipinski definition) is 1. The van der Waals surface area contributed by atoms with Gasteiger partial charge in [0.05, 0.1) is 0 Å². The maximum atomic E-state index is 4.21. The van der Waals surface area contributed by atoms with E-state index in [1.165, 1.54) is 56.2 Å². The van der Waals surface area contributed by atoms with Gasteiger partial charge >= 0.3 is 0 Å². The quantitative estimate of drug-likeness (QED) is 0.438. The van der Waals surface area contributed by atoms with Crippen molar-refractivity contribution < 1.29 is 0 Å². The Labute approximate surface area is 121 Å². The maximum Gasteiger partial charge on any atom is 0.0257 e. The first-order chi connectivity index (χ1) is 8.99. The molecule has 0 aromatic rings. The van der Waals surface area contributed by atoms with Crippen LogP contribution in [0.3, 0.4) is 0 Å². The second kappa shape index (κ2) is 11.1. The van der Waals surface area contributed by atoms with Crippen LogP contribution >= 0.6 is 0 Å². The van der Waals surface area contributed by atoms with E-state index in [1.807, 2.05) is 0 Å². The number of rotatable bonds is 12. The van der Waals surface area contributed by atoms with Gasteiger partial charge in [-0.15, -0.1) is 6.58 Å². The third-order valence-corrected chi connectivity index (χ3v) is 3.58. The van der Waals surface area contributed by atoms with E-state index in [2.05, 4.69) is 46.2 Å². The minimum Gasteiger partial charge on any atom is -0.386 e. The molecule has 1 unspecified atom stereocenters. The Kier molecular flexibility index (Phi) is 10.7. The van der Waals surface area contributed by atoms with Gasteiger partial charge in [0, 0.05) is 11.7 Å². The van der Waals surface area contributed by atoms with Crippen LogP contribution in [0.4, 0.5) is 0 Å². The van der Waals surface area contributed by atoms with Crippen LogP contribution in [0.5, 0.6) is 0 Å². The third kappa shape index (κ3) is 10.9. The van der Waals surface area contributed by atoms with Gasteiger partial charge in [-0.25, -0.2) is 0 Å². The molecule has 0 fully saturated rings. The summed E-state index contributed by atoms with van der Waals surface area (Å²) in [5, 5.41) is 3.64. The van der Waals surface area contributed by atoms with Crippen molar-refractivity contribution in [1.29, 1.82) is 0 Å². The van der Waals surface area contributed by atoms with Crippen molar-refractivity contribution in [2.75, 3.05) is 0 Å². The van der Waals surface area contributed by atoms with E-state index in [0.717, 1.165) is 12.3 Å². The number of nitrogens with one attached hydrogen (secondary N) is 1. The first-order valence-corrected chi connectivity index (χ1v) is 8.08. The molecule has 1 atom stereocenters. The van der Waals surface area contributed by atoms with Gasteiger partial charge in [-0.1, -0.05) is 52.2 Å². The standard InChI is InChI=1S/C18H35N/c1-7-10-18(11-8-2)19-17(6)14-16(5)13-9-12-15(3)4/h16,18-19H,3,6-14H2,1-2,4-5H3. The minimum absolute atomic E-state index is 0.630. The molecular weight excluding hydrogens is 230 g/mol. The average Bonchev–Trinajstić information content (AvgIpc) is 2.28. The fourth-order valence-corrected chi connectivity index (χ4v) is 2.61. The van der Waals surface area contributed by atoms with Crippen LogP contribution in [0.25, 0.3) is 0 Å². The predicted molar refractivity (Wildman–Crippen MR) is 88.3 cm³/mol. The lowest BCUT2D eigenvalue weighted by atomic mass is 9.97. The topological polar surface area (TPSA) is 12.0 Å². The van der Waals surface area contributed by atoms with Gasteiger partial charge in [0.15, 0.2) is 0 Å². The molecule has 1 N–H and O–H groups in total. The lowest BCUT2D eigenvalue weighted by Crippen LogP contribution is -2.28. The summed E-state index contributed by atoms with van der Waals surface area (Å²) in [6, 6.07) is 0.630. The highest BCUT2D eigenvalue weighted by Gasteiger charge is 2.09. The summed E-state index contributed by atoms with van der Waals surface area (Å²) in [7, 11) is 0. The zero-order chi connectivity index (χ0) is 14.7. The van der Waals surface area contributed by atoms with E-state index < -0.39 is 0 Å². The van der Waals surface area contributed by atoms with Gasteiger partial charge in [0.2, 0.25) is 0 Å². The molecule has 0 rings (SSSR count). The van der Waals surface area contributed by atoms with E-state index in [0.29, 0.717) is 6.04 Å². The molecule has 0 bridgehead atoms. The molecule has 0 amide bonds. The first kappa shape index (κ1) is 18.3. The highest BCUT2D eigenvalue weighted by Crippen LogP contribution is 2.18. The van der Waals surface area contributed by atoms with Gasteiger partial charge in [0.1, 0.15) is 0 Å². The second-order valence-electron chi connectivity index (χ2n) is 6.18. The predicted octanol–water partition coefficient (Wildman–Crippen LogP) is 5.83. The largest absolute Gasteiger partial charge is 0.386 e. The van der Waals surface area contributed by atoms with Gasteiger partial charge in [0.25, 0.3) is 0 Å². The second-order valence-corrected chi connectivity index (χ2v) is 6.18. The van der Waals surface area contributed by atoms with Crippen LogP contribution in [-0.2, 0) is 0 Å². The molecule has 0 aromatic heterocycles. The highest BCUT2D eigenvalue weighted by atomic mass is 14.9. The van der Waals surface area contributed by atoms with E-state index in [-0.39, 0.29) is 0 Å². The lowest BCUT2D eigenvalue weighted by Gasteiger charge is -2.22. The molecule has 19 heavy (non-hydrogen) atoms. The SMILES string of the molecule is C=C(C)CCCC(C)CC(=C)NC(CCC)CCC. The van der Waals surface area contributed by atoms with Gasteiger partial charge in [-0.3, -0.25) is 0 Å². The van der Waals surface area contributed by atoms with Crippen molar-refractivity contribution in [2.45, 2.75) is 85.1 Å². The molecule has 0 radical (unpaired) electrons. The summed E-state index contributed by atoms with van der Waals surface area (Å²) >= 11 is 0. The minimum atomic E-state index is 0.630. The molecule has 0 aromatic carbocycles. The van der Waals surface area contributed by atoms with E-state index in [4.69, 9.17) is 0 Å². The number of hydrogen-bond acceptors (Lipinski definition) is 1. The van der Waals surface area contributed by atoms with Crippen molar-refractivity contribution in [2.24, 2.45) is 5.92 Å². The van der Waals surface area contributed by atoms with Crippen LogP contribution in [-0.4, -0.2) is 6.04 Å². The fraction of sp³-hybridized carbons (Fsp3) is 0.778. The molecule has 1 heteroatoms. The molecule has 0 aliphatic carbocycles. The number of allylic oxidation sites excluding steroid dienone is 2. The molecule has 0 saturated heterocycles. The van der Waals surface area contributed by atoms with Gasteiger partial charge < -0.3 is 5.32 Å². The van der Waals surface area contributed by atoms with E-state index >= 15 is 0 Å². The van der Waals surface area contributed by atoms with Gasteiger partial charge in [-0.2, -0.15) is 0 Å². The fourth-order valence-electron chi connectivity index (χ4n) is 2.61. The van der Waals surface area contributed by atoms with Crippen molar-refractivity contribution in [1.82, 2.24) is 5.32 Å². The summed E-state index contributed by atoms with van der Waals surface area (Å²) in [5.41, 5.74) is 2.53. The summed E-state index contributed by atoms with van der Waals surface area (Å²) in [6.07, 6.45) is 9.83.